The summed E-state index contributed by atoms with van der Waals surface area (Å²) < 4.78 is 4.28. The van der Waals surface area contributed by atoms with Gasteiger partial charge in [-0.25, -0.2) is 4.79 Å². The van der Waals surface area contributed by atoms with Crippen LogP contribution in [-0.4, -0.2) is 17.9 Å². The van der Waals surface area contributed by atoms with E-state index < -0.39 is 12.8 Å². The molecule has 0 spiro atoms. The lowest BCUT2D eigenvalue weighted by atomic mass is 10.1. The Morgan fingerprint density at radius 3 is 2.50 bits per heavy atom. The molecule has 0 heterocycles. The van der Waals surface area contributed by atoms with Crippen molar-refractivity contribution < 1.29 is 14.6 Å². The summed E-state index contributed by atoms with van der Waals surface area (Å²) in [5, 5.41) is 8.18. The maximum Gasteiger partial charge on any atom is 0.335 e. The first-order valence-electron chi connectivity index (χ1n) is 3.06. The van der Waals surface area contributed by atoms with Crippen LogP contribution in [0.15, 0.2) is 12.2 Å². The van der Waals surface area contributed by atoms with Crippen LogP contribution in [0.5, 0.6) is 0 Å². The van der Waals surface area contributed by atoms with Crippen LogP contribution in [0.2, 0.25) is 0 Å². The van der Waals surface area contributed by atoms with Gasteiger partial charge >= 0.3 is 5.97 Å². The van der Waals surface area contributed by atoms with Crippen LogP contribution in [0, 0.1) is 5.92 Å². The van der Waals surface area contributed by atoms with Gasteiger partial charge in [0.05, 0.1) is 0 Å². The van der Waals surface area contributed by atoms with Crippen molar-refractivity contribution in [1.82, 2.24) is 0 Å². The lowest BCUT2D eigenvalue weighted by Crippen LogP contribution is -2.11. The maximum atomic E-state index is 10.7. The normalized spacial score (nSPS) is 9.60. The van der Waals surface area contributed by atoms with E-state index in [1.165, 1.54) is 0 Å². The number of hydrogen-bond donors (Lipinski definition) is 1. The molecule has 0 unspecified atom stereocenters. The van der Waals surface area contributed by atoms with Crippen molar-refractivity contribution in [1.29, 1.82) is 0 Å². The molecule has 0 aliphatic rings. The summed E-state index contributed by atoms with van der Waals surface area (Å²) in [6.07, 6.45) is 0. The van der Waals surface area contributed by atoms with E-state index >= 15 is 0 Å². The van der Waals surface area contributed by atoms with Crippen molar-refractivity contribution in [3.05, 3.63) is 12.2 Å². The average molecular weight is 144 g/mol. The fourth-order valence-electron chi connectivity index (χ4n) is 0.387. The number of aliphatic hydroxyl groups is 1. The molecule has 0 atom stereocenters. The van der Waals surface area contributed by atoms with Gasteiger partial charge in [0.15, 0.2) is 6.79 Å². The fraction of sp³-hybridized carbons (Fsp3) is 0.571. The van der Waals surface area contributed by atoms with Crippen molar-refractivity contribution in [2.75, 3.05) is 6.79 Å². The van der Waals surface area contributed by atoms with Gasteiger partial charge in [0.1, 0.15) is 0 Å². The first-order chi connectivity index (χ1) is 4.59. The van der Waals surface area contributed by atoms with E-state index in [1.54, 1.807) is 0 Å². The highest BCUT2D eigenvalue weighted by atomic mass is 16.6. The fourth-order valence-corrected chi connectivity index (χ4v) is 0.387. The molecule has 0 saturated heterocycles. The van der Waals surface area contributed by atoms with Crippen molar-refractivity contribution >= 4 is 5.97 Å². The maximum absolute atomic E-state index is 10.7. The zero-order valence-electron chi connectivity index (χ0n) is 6.26. The molecule has 0 aliphatic carbocycles. The van der Waals surface area contributed by atoms with Gasteiger partial charge in [-0.15, -0.1) is 0 Å². The molecular weight excluding hydrogens is 132 g/mol. The molecule has 0 amide bonds. The first-order valence-corrected chi connectivity index (χ1v) is 3.06. The summed E-state index contributed by atoms with van der Waals surface area (Å²) in [6.45, 7) is 6.58. The highest BCUT2D eigenvalue weighted by Crippen LogP contribution is 2.07. The van der Waals surface area contributed by atoms with Crippen LogP contribution in [-0.2, 0) is 9.53 Å². The lowest BCUT2D eigenvalue weighted by Gasteiger charge is -2.06. The molecular formula is C7H12O3. The molecule has 3 heteroatoms. The van der Waals surface area contributed by atoms with Gasteiger partial charge in [-0.2, -0.15) is 0 Å². The molecule has 3 nitrogen and oxygen atoms in total. The third kappa shape index (κ3) is 2.64. The van der Waals surface area contributed by atoms with Gasteiger partial charge in [-0.05, 0) is 5.92 Å². The predicted octanol–water partition coefficient (Wildman–Crippen LogP) is 0.692. The van der Waals surface area contributed by atoms with Crippen LogP contribution < -0.4 is 0 Å². The van der Waals surface area contributed by atoms with Gasteiger partial charge < -0.3 is 9.84 Å². The van der Waals surface area contributed by atoms with Crippen molar-refractivity contribution in [3.8, 4) is 0 Å². The van der Waals surface area contributed by atoms with Crippen molar-refractivity contribution in [2.24, 2.45) is 5.92 Å². The van der Waals surface area contributed by atoms with E-state index in [0.29, 0.717) is 5.57 Å². The van der Waals surface area contributed by atoms with Gasteiger partial charge in [-0.1, -0.05) is 20.4 Å². The van der Waals surface area contributed by atoms with Crippen LogP contribution in [0.3, 0.4) is 0 Å². The monoisotopic (exact) mass is 144 g/mol. The molecule has 0 aromatic heterocycles. The minimum Gasteiger partial charge on any atom is -0.435 e. The second-order valence-electron chi connectivity index (χ2n) is 2.24. The van der Waals surface area contributed by atoms with E-state index in [1.807, 2.05) is 13.8 Å². The molecule has 0 saturated carbocycles. The molecule has 0 aliphatic heterocycles. The summed E-state index contributed by atoms with van der Waals surface area (Å²) >= 11 is 0. The third-order valence-electron chi connectivity index (χ3n) is 1.15. The summed E-state index contributed by atoms with van der Waals surface area (Å²) in [5.74, 6) is -0.462. The Morgan fingerprint density at radius 2 is 2.20 bits per heavy atom. The number of aliphatic hydroxyl groups excluding tert-OH is 1. The summed E-state index contributed by atoms with van der Waals surface area (Å²) in [6, 6.07) is 0. The minimum atomic E-state index is -0.579. The molecule has 0 fully saturated rings. The molecule has 0 radical (unpaired) electrons. The van der Waals surface area contributed by atoms with Crippen molar-refractivity contribution in [3.63, 3.8) is 0 Å². The predicted molar refractivity (Wildman–Crippen MR) is 37.2 cm³/mol. The van der Waals surface area contributed by atoms with E-state index in [9.17, 15) is 4.79 Å². The highest BCUT2D eigenvalue weighted by Gasteiger charge is 2.10. The van der Waals surface area contributed by atoms with Crippen LogP contribution in [0.25, 0.3) is 0 Å². The molecule has 0 aromatic carbocycles. The van der Waals surface area contributed by atoms with Gasteiger partial charge in [0, 0.05) is 5.57 Å². The smallest absolute Gasteiger partial charge is 0.335 e. The molecule has 10 heavy (non-hydrogen) atoms. The first kappa shape index (κ1) is 9.17. The Hall–Kier alpha value is -0.830. The Bertz CT molecular complexity index is 138. The van der Waals surface area contributed by atoms with Gasteiger partial charge in [-0.3, -0.25) is 0 Å². The molecule has 0 rings (SSSR count). The van der Waals surface area contributed by atoms with E-state index in [0.717, 1.165) is 0 Å². The second kappa shape index (κ2) is 4.06. The van der Waals surface area contributed by atoms with E-state index in [2.05, 4.69) is 11.3 Å². The van der Waals surface area contributed by atoms with E-state index in [4.69, 9.17) is 5.11 Å². The third-order valence-corrected chi connectivity index (χ3v) is 1.15. The topological polar surface area (TPSA) is 46.5 Å². The zero-order chi connectivity index (χ0) is 8.15. The van der Waals surface area contributed by atoms with Crippen LogP contribution >= 0.6 is 0 Å². The van der Waals surface area contributed by atoms with E-state index in [-0.39, 0.29) is 5.92 Å². The average Bonchev–Trinajstić information content (AvgIpc) is 1.87. The van der Waals surface area contributed by atoms with Crippen LogP contribution in [0.1, 0.15) is 13.8 Å². The molecule has 0 aromatic rings. The Balaban J connectivity index is 3.83. The summed E-state index contributed by atoms with van der Waals surface area (Å²) in [5.41, 5.74) is 0.383. The van der Waals surface area contributed by atoms with Crippen molar-refractivity contribution in [2.45, 2.75) is 13.8 Å². The number of esters is 1. The number of hydrogen-bond acceptors (Lipinski definition) is 3. The Morgan fingerprint density at radius 1 is 1.70 bits per heavy atom. The quantitative estimate of drug-likeness (QED) is 0.360. The molecule has 0 bridgehead atoms. The Labute approximate surface area is 60.3 Å². The minimum absolute atomic E-state index is 0.0686. The number of carbonyl (C=O) groups excluding carboxylic acids is 1. The van der Waals surface area contributed by atoms with Crippen LogP contribution in [0.4, 0.5) is 0 Å². The van der Waals surface area contributed by atoms with Gasteiger partial charge in [0.25, 0.3) is 0 Å². The standard InChI is InChI=1S/C7H12O3/c1-5(2)6(3)7(9)10-4-8/h5,8H,3-4H2,1-2H3. The summed E-state index contributed by atoms with van der Waals surface area (Å²) in [4.78, 5) is 10.7. The molecule has 58 valence electrons. The number of rotatable bonds is 3. The zero-order valence-corrected chi connectivity index (χ0v) is 6.26. The lowest BCUT2D eigenvalue weighted by molar-refractivity contribution is -0.147. The largest absolute Gasteiger partial charge is 0.435 e. The van der Waals surface area contributed by atoms with Gasteiger partial charge in [0.2, 0.25) is 0 Å². The summed E-state index contributed by atoms with van der Waals surface area (Å²) in [7, 11) is 0. The Kier molecular flexibility index (Phi) is 3.72. The highest BCUT2D eigenvalue weighted by molar-refractivity contribution is 5.88. The second-order valence-corrected chi connectivity index (χ2v) is 2.24. The number of carbonyl (C=O) groups is 1. The SMILES string of the molecule is C=C(C(=O)OCO)C(C)C. The number of ether oxygens (including phenoxy) is 1. The molecule has 1 N–H and O–H groups in total.